The first-order valence-electron chi connectivity index (χ1n) is 7.99. The molecule has 0 spiro atoms. The Morgan fingerprint density at radius 2 is 1.91 bits per heavy atom. The normalized spacial score (nSPS) is 18.0. The second kappa shape index (κ2) is 7.38. The molecule has 1 saturated heterocycles. The zero-order valence-electron chi connectivity index (χ0n) is 13.0. The summed E-state index contributed by atoms with van der Waals surface area (Å²) in [7, 11) is 0. The zero-order chi connectivity index (χ0) is 16.1. The fourth-order valence-corrected chi connectivity index (χ4v) is 3.05. The van der Waals surface area contributed by atoms with Crippen LogP contribution in [-0.2, 0) is 17.8 Å². The molecule has 1 fully saturated rings. The van der Waals surface area contributed by atoms with E-state index in [4.69, 9.17) is 0 Å². The molecule has 4 heteroatoms. The number of carbonyl (C=O) groups is 1. The van der Waals surface area contributed by atoms with E-state index in [-0.39, 0.29) is 24.2 Å². The third kappa shape index (κ3) is 4.63. The van der Waals surface area contributed by atoms with Gasteiger partial charge < -0.3 is 5.32 Å². The largest absolute Gasteiger partial charge is 0.352 e. The molecule has 1 N–H and O–H groups in total. The lowest BCUT2D eigenvalue weighted by Gasteiger charge is -2.17. The van der Waals surface area contributed by atoms with Crippen LogP contribution < -0.4 is 5.32 Å². The van der Waals surface area contributed by atoms with Crippen LogP contribution in [0.4, 0.5) is 4.39 Å². The molecule has 0 aromatic heterocycles. The van der Waals surface area contributed by atoms with Gasteiger partial charge in [0, 0.05) is 25.7 Å². The molecule has 3 rings (SSSR count). The molecule has 23 heavy (non-hydrogen) atoms. The van der Waals surface area contributed by atoms with Crippen molar-refractivity contribution in [3.63, 3.8) is 0 Å². The molecule has 0 aliphatic carbocycles. The zero-order valence-corrected chi connectivity index (χ0v) is 13.0. The first-order chi connectivity index (χ1) is 11.2. The third-order valence-corrected chi connectivity index (χ3v) is 4.14. The van der Waals surface area contributed by atoms with Crippen molar-refractivity contribution in [2.75, 3.05) is 13.1 Å². The van der Waals surface area contributed by atoms with E-state index >= 15 is 0 Å². The van der Waals surface area contributed by atoms with Crippen molar-refractivity contribution >= 4 is 5.91 Å². The number of nitrogens with zero attached hydrogens (tertiary/aromatic N) is 1. The molecular weight excluding hydrogens is 291 g/mol. The predicted molar refractivity (Wildman–Crippen MR) is 88.4 cm³/mol. The van der Waals surface area contributed by atoms with Crippen molar-refractivity contribution < 1.29 is 9.18 Å². The van der Waals surface area contributed by atoms with E-state index < -0.39 is 0 Å². The highest BCUT2D eigenvalue weighted by molar-refractivity contribution is 5.78. The summed E-state index contributed by atoms with van der Waals surface area (Å²) < 4.78 is 13.1. The van der Waals surface area contributed by atoms with Crippen molar-refractivity contribution in [1.82, 2.24) is 10.2 Å². The summed E-state index contributed by atoms with van der Waals surface area (Å²) in [6.07, 6.45) is 1.19. The van der Waals surface area contributed by atoms with Gasteiger partial charge >= 0.3 is 0 Å². The first kappa shape index (κ1) is 15.7. The van der Waals surface area contributed by atoms with Crippen LogP contribution in [0.1, 0.15) is 17.5 Å². The van der Waals surface area contributed by atoms with Crippen LogP contribution in [-0.4, -0.2) is 29.9 Å². The molecular formula is C19H21FN2O. The Balaban J connectivity index is 1.47. The van der Waals surface area contributed by atoms with Crippen LogP contribution in [0.2, 0.25) is 0 Å². The SMILES string of the molecule is O=C(Cc1cccc(F)c1)N[C@H]1CCN(Cc2ccccc2)C1. The first-order valence-corrected chi connectivity index (χ1v) is 7.99. The molecule has 3 nitrogen and oxygen atoms in total. The molecule has 1 aliphatic rings. The van der Waals surface area contributed by atoms with Crippen molar-refractivity contribution in [3.8, 4) is 0 Å². The Bertz CT molecular complexity index is 659. The Hall–Kier alpha value is -2.20. The molecule has 1 heterocycles. The number of halogens is 1. The second-order valence-electron chi connectivity index (χ2n) is 6.08. The van der Waals surface area contributed by atoms with Crippen LogP contribution in [0.5, 0.6) is 0 Å². The van der Waals surface area contributed by atoms with Gasteiger partial charge in [-0.2, -0.15) is 0 Å². The molecule has 2 aromatic rings. The number of amides is 1. The molecule has 2 aromatic carbocycles. The summed E-state index contributed by atoms with van der Waals surface area (Å²) in [5, 5.41) is 3.06. The van der Waals surface area contributed by atoms with E-state index in [0.29, 0.717) is 5.56 Å². The topological polar surface area (TPSA) is 32.3 Å². The van der Waals surface area contributed by atoms with Gasteiger partial charge in [0.2, 0.25) is 5.91 Å². The Morgan fingerprint density at radius 1 is 1.13 bits per heavy atom. The molecule has 0 saturated carbocycles. The highest BCUT2D eigenvalue weighted by atomic mass is 19.1. The summed E-state index contributed by atoms with van der Waals surface area (Å²) in [6.45, 7) is 2.76. The number of nitrogens with one attached hydrogen (secondary N) is 1. The fraction of sp³-hybridized carbons (Fsp3) is 0.316. The van der Waals surface area contributed by atoms with Crippen molar-refractivity contribution in [1.29, 1.82) is 0 Å². The lowest BCUT2D eigenvalue weighted by molar-refractivity contribution is -0.121. The summed E-state index contributed by atoms with van der Waals surface area (Å²) in [5.41, 5.74) is 2.00. The number of carbonyl (C=O) groups excluding carboxylic acids is 1. The van der Waals surface area contributed by atoms with Gasteiger partial charge in [0.15, 0.2) is 0 Å². The summed E-state index contributed by atoms with van der Waals surface area (Å²) >= 11 is 0. The molecule has 120 valence electrons. The van der Waals surface area contributed by atoms with E-state index in [2.05, 4.69) is 22.3 Å². The average Bonchev–Trinajstić information content (AvgIpc) is 2.95. The van der Waals surface area contributed by atoms with Gasteiger partial charge in [0.25, 0.3) is 0 Å². The highest BCUT2D eigenvalue weighted by Gasteiger charge is 2.23. The quantitative estimate of drug-likeness (QED) is 0.921. The highest BCUT2D eigenvalue weighted by Crippen LogP contribution is 2.14. The van der Waals surface area contributed by atoms with Gasteiger partial charge in [-0.25, -0.2) is 4.39 Å². The maximum atomic E-state index is 13.1. The molecule has 0 bridgehead atoms. The minimum absolute atomic E-state index is 0.0397. The Kier molecular flexibility index (Phi) is 5.03. The Morgan fingerprint density at radius 3 is 2.70 bits per heavy atom. The molecule has 0 radical (unpaired) electrons. The van der Waals surface area contributed by atoms with Crippen LogP contribution in [0, 0.1) is 5.82 Å². The van der Waals surface area contributed by atoms with Gasteiger partial charge in [0.05, 0.1) is 6.42 Å². The number of hydrogen-bond donors (Lipinski definition) is 1. The smallest absolute Gasteiger partial charge is 0.224 e. The van der Waals surface area contributed by atoms with Crippen molar-refractivity contribution in [2.45, 2.75) is 25.4 Å². The Labute approximate surface area is 136 Å². The van der Waals surface area contributed by atoms with Crippen LogP contribution in [0.15, 0.2) is 54.6 Å². The van der Waals surface area contributed by atoms with Gasteiger partial charge in [-0.15, -0.1) is 0 Å². The van der Waals surface area contributed by atoms with Crippen molar-refractivity contribution in [3.05, 3.63) is 71.5 Å². The minimum Gasteiger partial charge on any atom is -0.352 e. The molecule has 1 amide bonds. The minimum atomic E-state index is -0.301. The third-order valence-electron chi connectivity index (χ3n) is 4.14. The maximum absolute atomic E-state index is 13.1. The van der Waals surface area contributed by atoms with E-state index in [9.17, 15) is 9.18 Å². The van der Waals surface area contributed by atoms with Gasteiger partial charge in [-0.1, -0.05) is 42.5 Å². The molecule has 1 aliphatic heterocycles. The second-order valence-corrected chi connectivity index (χ2v) is 6.08. The van der Waals surface area contributed by atoms with Gasteiger partial charge in [-0.05, 0) is 29.7 Å². The van der Waals surface area contributed by atoms with Crippen molar-refractivity contribution in [2.24, 2.45) is 0 Å². The average molecular weight is 312 g/mol. The van der Waals surface area contributed by atoms with Crippen LogP contribution in [0.3, 0.4) is 0 Å². The fourth-order valence-electron chi connectivity index (χ4n) is 3.05. The number of likely N-dealkylation sites (tertiary alicyclic amines) is 1. The van der Waals surface area contributed by atoms with Crippen LogP contribution in [0.25, 0.3) is 0 Å². The predicted octanol–water partition coefficient (Wildman–Crippen LogP) is 2.76. The molecule has 0 unspecified atom stereocenters. The standard InChI is InChI=1S/C19H21FN2O/c20-17-8-4-7-16(11-17)12-19(23)21-18-9-10-22(14-18)13-15-5-2-1-3-6-15/h1-8,11,18H,9-10,12-14H2,(H,21,23)/t18-/m0/s1. The van der Waals surface area contributed by atoms with Gasteiger partial charge in [0.1, 0.15) is 5.82 Å². The monoisotopic (exact) mass is 312 g/mol. The van der Waals surface area contributed by atoms with E-state index in [0.717, 1.165) is 26.1 Å². The number of benzene rings is 2. The van der Waals surface area contributed by atoms with Crippen LogP contribution >= 0.6 is 0 Å². The molecule has 1 atom stereocenters. The summed E-state index contributed by atoms with van der Waals surface area (Å²) in [6, 6.07) is 16.7. The lowest BCUT2D eigenvalue weighted by Crippen LogP contribution is -2.37. The lowest BCUT2D eigenvalue weighted by atomic mass is 10.1. The van der Waals surface area contributed by atoms with Gasteiger partial charge in [-0.3, -0.25) is 9.69 Å². The summed E-state index contributed by atoms with van der Waals surface area (Å²) in [5.74, 6) is -0.340. The van der Waals surface area contributed by atoms with E-state index in [1.54, 1.807) is 12.1 Å². The number of rotatable bonds is 5. The maximum Gasteiger partial charge on any atom is 0.224 e. The van der Waals surface area contributed by atoms with E-state index in [1.807, 2.05) is 18.2 Å². The van der Waals surface area contributed by atoms with E-state index in [1.165, 1.54) is 17.7 Å². The number of hydrogen-bond acceptors (Lipinski definition) is 2. The summed E-state index contributed by atoms with van der Waals surface area (Å²) in [4.78, 5) is 14.4.